The van der Waals surface area contributed by atoms with E-state index >= 15 is 0 Å². The van der Waals surface area contributed by atoms with Crippen molar-refractivity contribution >= 4 is 34.2 Å². The van der Waals surface area contributed by atoms with Crippen LogP contribution in [0.1, 0.15) is 32.0 Å². The van der Waals surface area contributed by atoms with E-state index in [0.717, 1.165) is 37.1 Å². The average Bonchev–Trinajstić information content (AvgIpc) is 2.68. The van der Waals surface area contributed by atoms with E-state index in [0.29, 0.717) is 11.4 Å². The van der Waals surface area contributed by atoms with Gasteiger partial charge in [-0.3, -0.25) is 0 Å². The number of alkyl halides is 1. The van der Waals surface area contributed by atoms with Crippen molar-refractivity contribution < 1.29 is 4.39 Å². The Balaban J connectivity index is 2.44. The fourth-order valence-corrected chi connectivity index (χ4v) is 2.40. The van der Waals surface area contributed by atoms with Crippen molar-refractivity contribution in [1.82, 2.24) is 9.55 Å². The number of fused-ring (bicyclic) bond motifs is 1. The molecule has 2 rings (SSSR count). The number of unbranched alkanes of at least 4 members (excludes halogenated alkanes) is 2. The van der Waals surface area contributed by atoms with Crippen molar-refractivity contribution in [1.29, 1.82) is 0 Å². The fourth-order valence-electron chi connectivity index (χ4n) is 2.04. The molecule has 1 aromatic heterocycles. The number of rotatable bonds is 5. The standard InChI is InChI=1S/C13H15Cl2FN2/c1-2-3-4-5-18-12-7-10(16)9(15)6-11(12)17-13(18)8-14/h6-7H,2-5,8H2,1H3. The van der Waals surface area contributed by atoms with Crippen molar-refractivity contribution in [2.75, 3.05) is 0 Å². The molecule has 0 saturated carbocycles. The molecule has 0 N–H and O–H groups in total. The summed E-state index contributed by atoms with van der Waals surface area (Å²) < 4.78 is 15.5. The summed E-state index contributed by atoms with van der Waals surface area (Å²) in [6, 6.07) is 2.99. The third kappa shape index (κ3) is 2.62. The van der Waals surface area contributed by atoms with E-state index in [1.165, 1.54) is 6.07 Å². The second-order valence-corrected chi connectivity index (χ2v) is 4.95. The first-order valence-electron chi connectivity index (χ1n) is 6.07. The first kappa shape index (κ1) is 13.6. The van der Waals surface area contributed by atoms with E-state index in [2.05, 4.69) is 11.9 Å². The summed E-state index contributed by atoms with van der Waals surface area (Å²) in [6.45, 7) is 2.96. The minimum atomic E-state index is -0.415. The molecule has 0 aliphatic heterocycles. The van der Waals surface area contributed by atoms with Gasteiger partial charge in [-0.2, -0.15) is 0 Å². The van der Waals surface area contributed by atoms with Crippen molar-refractivity contribution in [2.24, 2.45) is 0 Å². The molecule has 0 fully saturated rings. The molecule has 0 spiro atoms. The minimum absolute atomic E-state index is 0.0989. The zero-order valence-electron chi connectivity index (χ0n) is 10.2. The van der Waals surface area contributed by atoms with Crippen LogP contribution in [0.3, 0.4) is 0 Å². The Morgan fingerprint density at radius 2 is 2.11 bits per heavy atom. The highest BCUT2D eigenvalue weighted by molar-refractivity contribution is 6.31. The van der Waals surface area contributed by atoms with Gasteiger partial charge in [-0.25, -0.2) is 9.37 Å². The summed E-state index contributed by atoms with van der Waals surface area (Å²) in [4.78, 5) is 4.39. The summed E-state index contributed by atoms with van der Waals surface area (Å²) in [5, 5.41) is 0.0989. The molecular weight excluding hydrogens is 274 g/mol. The molecule has 0 unspecified atom stereocenters. The molecule has 2 aromatic rings. The zero-order chi connectivity index (χ0) is 13.1. The summed E-state index contributed by atoms with van der Waals surface area (Å²) in [5.41, 5.74) is 1.47. The number of nitrogens with zero attached hydrogens (tertiary/aromatic N) is 2. The lowest BCUT2D eigenvalue weighted by molar-refractivity contribution is 0.596. The van der Waals surface area contributed by atoms with Gasteiger partial charge < -0.3 is 4.57 Å². The lowest BCUT2D eigenvalue weighted by atomic mass is 10.2. The predicted molar refractivity (Wildman–Crippen MR) is 73.8 cm³/mol. The Morgan fingerprint density at radius 3 is 2.78 bits per heavy atom. The smallest absolute Gasteiger partial charge is 0.144 e. The van der Waals surface area contributed by atoms with Gasteiger partial charge in [0.15, 0.2) is 0 Å². The summed E-state index contributed by atoms with van der Waals surface area (Å²) >= 11 is 11.6. The predicted octanol–water partition coefficient (Wildman–Crippen LogP) is 4.76. The van der Waals surface area contributed by atoms with Crippen LogP contribution in [0.15, 0.2) is 12.1 Å². The van der Waals surface area contributed by atoms with E-state index in [4.69, 9.17) is 23.2 Å². The molecule has 0 radical (unpaired) electrons. The van der Waals surface area contributed by atoms with Crippen LogP contribution in [0, 0.1) is 5.82 Å². The highest BCUT2D eigenvalue weighted by Gasteiger charge is 2.12. The molecule has 0 amide bonds. The van der Waals surface area contributed by atoms with E-state index in [1.807, 2.05) is 4.57 Å². The van der Waals surface area contributed by atoms with Gasteiger partial charge in [-0.15, -0.1) is 11.6 Å². The molecule has 1 heterocycles. The van der Waals surface area contributed by atoms with Crippen LogP contribution in [-0.2, 0) is 12.4 Å². The number of benzene rings is 1. The Morgan fingerprint density at radius 1 is 1.33 bits per heavy atom. The van der Waals surface area contributed by atoms with Crippen LogP contribution < -0.4 is 0 Å². The first-order valence-corrected chi connectivity index (χ1v) is 6.98. The van der Waals surface area contributed by atoms with Crippen LogP contribution >= 0.6 is 23.2 Å². The lowest BCUT2D eigenvalue weighted by Gasteiger charge is -2.07. The molecule has 2 nitrogen and oxygen atoms in total. The monoisotopic (exact) mass is 288 g/mol. The van der Waals surface area contributed by atoms with Gasteiger partial charge >= 0.3 is 0 Å². The van der Waals surface area contributed by atoms with Gasteiger partial charge in [0.2, 0.25) is 0 Å². The molecule has 0 aliphatic rings. The first-order chi connectivity index (χ1) is 8.67. The molecule has 0 aliphatic carbocycles. The SMILES string of the molecule is CCCCCn1c(CCl)nc2cc(Cl)c(F)cc21. The maximum absolute atomic E-state index is 13.5. The number of aryl methyl sites for hydroxylation is 1. The molecule has 0 bridgehead atoms. The summed E-state index contributed by atoms with van der Waals surface area (Å²) in [7, 11) is 0. The Labute approximate surface area is 116 Å². The molecule has 1 aromatic carbocycles. The van der Waals surface area contributed by atoms with Crippen LogP contribution in [0.2, 0.25) is 5.02 Å². The van der Waals surface area contributed by atoms with Crippen LogP contribution in [0.25, 0.3) is 11.0 Å². The third-order valence-corrected chi connectivity index (χ3v) is 3.50. The molecule has 0 saturated heterocycles. The summed E-state index contributed by atoms with van der Waals surface area (Å²) in [5.74, 6) is 0.673. The largest absolute Gasteiger partial charge is 0.327 e. The van der Waals surface area contributed by atoms with Gasteiger partial charge in [0, 0.05) is 12.6 Å². The van der Waals surface area contributed by atoms with Crippen molar-refractivity contribution in [3.8, 4) is 0 Å². The molecule has 5 heteroatoms. The Kier molecular flexibility index (Phi) is 4.46. The average molecular weight is 289 g/mol. The minimum Gasteiger partial charge on any atom is -0.327 e. The molecule has 0 atom stereocenters. The fraction of sp³-hybridized carbons (Fsp3) is 0.462. The quantitative estimate of drug-likeness (QED) is 0.573. The zero-order valence-corrected chi connectivity index (χ0v) is 11.7. The molecular formula is C13H15Cl2FN2. The second kappa shape index (κ2) is 5.89. The summed E-state index contributed by atoms with van der Waals surface area (Å²) in [6.07, 6.45) is 3.32. The highest BCUT2D eigenvalue weighted by atomic mass is 35.5. The van der Waals surface area contributed by atoms with Crippen molar-refractivity contribution in [2.45, 2.75) is 38.6 Å². The Hall–Kier alpha value is -0.800. The van der Waals surface area contributed by atoms with Crippen LogP contribution in [0.5, 0.6) is 0 Å². The second-order valence-electron chi connectivity index (χ2n) is 4.28. The van der Waals surface area contributed by atoms with Gasteiger partial charge in [-0.05, 0) is 12.5 Å². The number of imidazole rings is 1. The Bertz CT molecular complexity index is 551. The lowest BCUT2D eigenvalue weighted by Crippen LogP contribution is -2.02. The van der Waals surface area contributed by atoms with Gasteiger partial charge in [0.25, 0.3) is 0 Å². The van der Waals surface area contributed by atoms with E-state index in [-0.39, 0.29) is 5.02 Å². The normalized spacial score (nSPS) is 11.3. The topological polar surface area (TPSA) is 17.8 Å². The number of aromatic nitrogens is 2. The number of halogens is 3. The van der Waals surface area contributed by atoms with Crippen molar-refractivity contribution in [3.05, 3.63) is 28.8 Å². The molecule has 98 valence electrons. The number of hydrogen-bond acceptors (Lipinski definition) is 1. The van der Waals surface area contributed by atoms with E-state index in [1.54, 1.807) is 6.07 Å². The van der Waals surface area contributed by atoms with Gasteiger partial charge in [0.05, 0.1) is 21.9 Å². The van der Waals surface area contributed by atoms with E-state index < -0.39 is 5.82 Å². The van der Waals surface area contributed by atoms with Gasteiger partial charge in [0.1, 0.15) is 11.6 Å². The maximum Gasteiger partial charge on any atom is 0.144 e. The van der Waals surface area contributed by atoms with Crippen LogP contribution in [0.4, 0.5) is 4.39 Å². The maximum atomic E-state index is 13.5. The van der Waals surface area contributed by atoms with Gasteiger partial charge in [-0.1, -0.05) is 31.4 Å². The van der Waals surface area contributed by atoms with Crippen LogP contribution in [-0.4, -0.2) is 9.55 Å². The molecule has 18 heavy (non-hydrogen) atoms. The number of hydrogen-bond donors (Lipinski definition) is 0. The highest BCUT2D eigenvalue weighted by Crippen LogP contribution is 2.25. The third-order valence-electron chi connectivity index (χ3n) is 2.97. The van der Waals surface area contributed by atoms with Crippen molar-refractivity contribution in [3.63, 3.8) is 0 Å². The van der Waals surface area contributed by atoms with E-state index in [9.17, 15) is 4.39 Å².